The quantitative estimate of drug-likeness (QED) is 0.874. The van der Waals surface area contributed by atoms with E-state index in [1.165, 1.54) is 23.5 Å². The number of aromatic nitrogens is 2. The molecule has 1 aromatic heterocycles. The number of carbonyl (C=O) groups is 1. The van der Waals surface area contributed by atoms with Crippen molar-refractivity contribution in [3.8, 4) is 0 Å². The molecule has 3 rings (SSSR count). The lowest BCUT2D eigenvalue weighted by molar-refractivity contribution is 0.0948. The third-order valence-electron chi connectivity index (χ3n) is 3.53. The van der Waals surface area contributed by atoms with E-state index < -0.39 is 0 Å². The maximum absolute atomic E-state index is 12.0. The predicted molar refractivity (Wildman–Crippen MR) is 75.3 cm³/mol. The van der Waals surface area contributed by atoms with Gasteiger partial charge in [-0.3, -0.25) is 4.79 Å². The maximum atomic E-state index is 12.0. The summed E-state index contributed by atoms with van der Waals surface area (Å²) in [7, 11) is 0. The van der Waals surface area contributed by atoms with Gasteiger partial charge in [0.1, 0.15) is 0 Å². The zero-order chi connectivity index (χ0) is 13.8. The first-order chi connectivity index (χ1) is 9.84. The Morgan fingerprint density at radius 2 is 2.20 bits per heavy atom. The summed E-state index contributed by atoms with van der Waals surface area (Å²) >= 11 is 0. The van der Waals surface area contributed by atoms with Crippen LogP contribution in [0.5, 0.6) is 0 Å². The average Bonchev–Trinajstić information content (AvgIpc) is 2.53. The lowest BCUT2D eigenvalue weighted by atomic mass is 9.94. The molecule has 2 heterocycles. The Bertz CT molecular complexity index is 600. The second-order valence-electron chi connectivity index (χ2n) is 4.80. The van der Waals surface area contributed by atoms with E-state index in [-0.39, 0.29) is 11.9 Å². The van der Waals surface area contributed by atoms with Crippen LogP contribution in [0.3, 0.4) is 0 Å². The van der Waals surface area contributed by atoms with E-state index in [1.807, 2.05) is 6.07 Å². The Morgan fingerprint density at radius 3 is 3.05 bits per heavy atom. The minimum Gasteiger partial charge on any atom is -0.350 e. The van der Waals surface area contributed by atoms with Crippen molar-refractivity contribution in [2.45, 2.75) is 12.5 Å². The molecule has 1 aromatic carbocycles. The van der Waals surface area contributed by atoms with Crippen molar-refractivity contribution in [2.24, 2.45) is 0 Å². The van der Waals surface area contributed by atoms with Gasteiger partial charge in [0.25, 0.3) is 5.91 Å². The van der Waals surface area contributed by atoms with Crippen molar-refractivity contribution in [3.05, 3.63) is 59.4 Å². The van der Waals surface area contributed by atoms with E-state index in [1.54, 1.807) is 6.07 Å². The minimum absolute atomic E-state index is 0.121. The summed E-state index contributed by atoms with van der Waals surface area (Å²) < 4.78 is 0. The minimum atomic E-state index is -0.121. The molecule has 0 saturated heterocycles. The van der Waals surface area contributed by atoms with E-state index in [9.17, 15) is 4.79 Å². The van der Waals surface area contributed by atoms with Gasteiger partial charge in [0, 0.05) is 12.6 Å². The van der Waals surface area contributed by atoms with E-state index in [0.717, 1.165) is 13.0 Å². The molecule has 0 radical (unpaired) electrons. The van der Waals surface area contributed by atoms with Crippen LogP contribution in [-0.2, 0) is 6.42 Å². The van der Waals surface area contributed by atoms with Crippen LogP contribution in [0.1, 0.15) is 27.5 Å². The lowest BCUT2D eigenvalue weighted by Crippen LogP contribution is -2.38. The van der Waals surface area contributed by atoms with Gasteiger partial charge in [0.2, 0.25) is 0 Å². The van der Waals surface area contributed by atoms with E-state index in [2.05, 4.69) is 39.0 Å². The number of benzene rings is 1. The first-order valence-corrected chi connectivity index (χ1v) is 6.70. The first-order valence-electron chi connectivity index (χ1n) is 6.70. The molecule has 1 amide bonds. The highest BCUT2D eigenvalue weighted by molar-refractivity contribution is 5.93. The monoisotopic (exact) mass is 268 g/mol. The molecular formula is C15H16N4O. The largest absolute Gasteiger partial charge is 0.350 e. The fourth-order valence-electron chi connectivity index (χ4n) is 2.50. The van der Waals surface area contributed by atoms with Gasteiger partial charge in [-0.25, -0.2) is 0 Å². The zero-order valence-corrected chi connectivity index (χ0v) is 11.0. The molecular weight excluding hydrogens is 252 g/mol. The van der Waals surface area contributed by atoms with Crippen LogP contribution in [0.15, 0.2) is 42.7 Å². The van der Waals surface area contributed by atoms with Crippen molar-refractivity contribution in [1.29, 1.82) is 0 Å². The predicted octanol–water partition coefficient (Wildman–Crippen LogP) is 1.09. The van der Waals surface area contributed by atoms with Gasteiger partial charge in [-0.05, 0) is 30.2 Å². The van der Waals surface area contributed by atoms with Gasteiger partial charge >= 0.3 is 0 Å². The summed E-state index contributed by atoms with van der Waals surface area (Å²) in [5, 5.41) is 13.8. The molecule has 102 valence electrons. The number of hydrogen-bond acceptors (Lipinski definition) is 4. The third-order valence-corrected chi connectivity index (χ3v) is 3.53. The summed E-state index contributed by atoms with van der Waals surface area (Å²) in [5.74, 6) is -0.121. The fraction of sp³-hybridized carbons (Fsp3) is 0.267. The van der Waals surface area contributed by atoms with Gasteiger partial charge in [0.15, 0.2) is 0 Å². The molecule has 0 fully saturated rings. The highest BCUT2D eigenvalue weighted by Gasteiger charge is 2.19. The summed E-state index contributed by atoms with van der Waals surface area (Å²) in [6, 6.07) is 10.2. The number of nitrogens with zero attached hydrogens (tertiary/aromatic N) is 2. The second kappa shape index (κ2) is 5.79. The smallest absolute Gasteiger partial charge is 0.253 e. The summed E-state index contributed by atoms with van der Waals surface area (Å²) in [4.78, 5) is 12.0. The molecule has 1 aliphatic heterocycles. The molecule has 1 aliphatic rings. The van der Waals surface area contributed by atoms with Crippen molar-refractivity contribution >= 4 is 5.91 Å². The fourth-order valence-corrected chi connectivity index (χ4v) is 2.50. The Labute approximate surface area is 117 Å². The van der Waals surface area contributed by atoms with Gasteiger partial charge in [-0.1, -0.05) is 24.3 Å². The van der Waals surface area contributed by atoms with E-state index in [0.29, 0.717) is 12.1 Å². The van der Waals surface area contributed by atoms with Crippen LogP contribution in [0.25, 0.3) is 0 Å². The topological polar surface area (TPSA) is 66.9 Å². The number of carbonyl (C=O) groups excluding carboxylic acids is 1. The molecule has 2 N–H and O–H groups in total. The van der Waals surface area contributed by atoms with Gasteiger partial charge < -0.3 is 10.6 Å². The Morgan fingerprint density at radius 1 is 1.30 bits per heavy atom. The highest BCUT2D eigenvalue weighted by atomic mass is 16.1. The number of amides is 1. The Balaban J connectivity index is 1.67. The highest BCUT2D eigenvalue weighted by Crippen LogP contribution is 2.21. The standard InChI is InChI=1S/C15H16N4O/c20-15(12-6-8-18-19-9-12)17-10-14-13-4-2-1-3-11(13)5-7-16-14/h1-4,6,8-9,14,16H,5,7,10H2,(H,17,20). The zero-order valence-electron chi connectivity index (χ0n) is 11.0. The van der Waals surface area contributed by atoms with E-state index >= 15 is 0 Å². The van der Waals surface area contributed by atoms with Gasteiger partial charge in [-0.15, -0.1) is 0 Å². The van der Waals surface area contributed by atoms with Crippen LogP contribution in [0.2, 0.25) is 0 Å². The van der Waals surface area contributed by atoms with Crippen LogP contribution in [0.4, 0.5) is 0 Å². The van der Waals surface area contributed by atoms with Crippen LogP contribution in [-0.4, -0.2) is 29.2 Å². The Hall–Kier alpha value is -2.27. The first kappa shape index (κ1) is 12.7. The van der Waals surface area contributed by atoms with Crippen molar-refractivity contribution in [2.75, 3.05) is 13.1 Å². The lowest BCUT2D eigenvalue weighted by Gasteiger charge is -2.27. The summed E-state index contributed by atoms with van der Waals surface area (Å²) in [6.07, 6.45) is 4.02. The molecule has 2 aromatic rings. The Kier molecular flexibility index (Phi) is 3.69. The molecule has 5 heteroatoms. The molecule has 20 heavy (non-hydrogen) atoms. The molecule has 0 bridgehead atoms. The summed E-state index contributed by atoms with van der Waals surface area (Å²) in [6.45, 7) is 1.51. The van der Waals surface area contributed by atoms with Crippen LogP contribution in [0, 0.1) is 0 Å². The molecule has 5 nitrogen and oxygen atoms in total. The molecule has 1 unspecified atom stereocenters. The van der Waals surface area contributed by atoms with Crippen LogP contribution >= 0.6 is 0 Å². The van der Waals surface area contributed by atoms with Gasteiger partial charge in [-0.2, -0.15) is 10.2 Å². The molecule has 1 atom stereocenters. The number of hydrogen-bond donors (Lipinski definition) is 2. The van der Waals surface area contributed by atoms with Crippen LogP contribution < -0.4 is 10.6 Å². The molecule has 0 saturated carbocycles. The molecule has 0 aliphatic carbocycles. The van der Waals surface area contributed by atoms with Crippen molar-refractivity contribution in [1.82, 2.24) is 20.8 Å². The van der Waals surface area contributed by atoms with Gasteiger partial charge in [0.05, 0.1) is 18.0 Å². The average molecular weight is 268 g/mol. The summed E-state index contributed by atoms with van der Waals surface area (Å²) in [5.41, 5.74) is 3.16. The third kappa shape index (κ3) is 2.67. The number of rotatable bonds is 3. The van der Waals surface area contributed by atoms with Crippen molar-refractivity contribution < 1.29 is 4.79 Å². The SMILES string of the molecule is O=C(NCC1NCCc2ccccc21)c1ccnnc1. The van der Waals surface area contributed by atoms with Crippen molar-refractivity contribution in [3.63, 3.8) is 0 Å². The number of nitrogens with one attached hydrogen (secondary N) is 2. The second-order valence-corrected chi connectivity index (χ2v) is 4.80. The maximum Gasteiger partial charge on any atom is 0.253 e. The molecule has 0 spiro atoms. The normalized spacial score (nSPS) is 17.3. The van der Waals surface area contributed by atoms with E-state index in [4.69, 9.17) is 0 Å². The number of fused-ring (bicyclic) bond motifs is 1.